The largest absolute Gasteiger partial charge is 0.492 e. The summed E-state index contributed by atoms with van der Waals surface area (Å²) in [5.41, 5.74) is 0. The number of thioether (sulfide) groups is 1. The first kappa shape index (κ1) is 19.6. The van der Waals surface area contributed by atoms with Gasteiger partial charge in [0.1, 0.15) is 12.4 Å². The van der Waals surface area contributed by atoms with Crippen LogP contribution in [0.4, 0.5) is 4.79 Å². The normalized spacial score (nSPS) is 23.9. The third kappa shape index (κ3) is 5.67. The molecule has 2 fully saturated rings. The third-order valence-corrected chi connectivity index (χ3v) is 6.82. The summed E-state index contributed by atoms with van der Waals surface area (Å²) in [6.45, 7) is 0.992. The first-order chi connectivity index (χ1) is 12.6. The minimum atomic E-state index is -0.0443. The lowest BCUT2D eigenvalue weighted by Crippen LogP contribution is -2.36. The van der Waals surface area contributed by atoms with E-state index in [0.29, 0.717) is 24.8 Å². The van der Waals surface area contributed by atoms with Gasteiger partial charge < -0.3 is 20.7 Å². The fourth-order valence-electron chi connectivity index (χ4n) is 3.25. The van der Waals surface area contributed by atoms with Gasteiger partial charge in [0, 0.05) is 21.0 Å². The van der Waals surface area contributed by atoms with Crippen molar-refractivity contribution in [2.24, 2.45) is 0 Å². The predicted octanol–water partition coefficient (Wildman–Crippen LogP) is 2.51. The number of unbranched alkanes of at least 4 members (excludes halogenated alkanes) is 1. The maximum atomic E-state index is 11.9. The Kier molecular flexibility index (Phi) is 7.30. The van der Waals surface area contributed by atoms with Crippen molar-refractivity contribution in [2.45, 2.75) is 43.0 Å². The van der Waals surface area contributed by atoms with Crippen molar-refractivity contribution in [3.8, 4) is 5.75 Å². The number of benzene rings is 1. The zero-order valence-electron chi connectivity index (χ0n) is 14.5. The molecule has 0 aromatic heterocycles. The molecule has 3 rings (SSSR count). The van der Waals surface area contributed by atoms with E-state index in [9.17, 15) is 9.59 Å². The van der Waals surface area contributed by atoms with Gasteiger partial charge in [0.25, 0.3) is 0 Å². The summed E-state index contributed by atoms with van der Waals surface area (Å²) >= 11 is 4.17. The molecule has 1 aromatic rings. The van der Waals surface area contributed by atoms with Gasteiger partial charge >= 0.3 is 6.03 Å². The van der Waals surface area contributed by atoms with Crippen LogP contribution in [0.5, 0.6) is 5.75 Å². The molecule has 2 aliphatic heterocycles. The average molecular weight is 489 g/mol. The van der Waals surface area contributed by atoms with Crippen LogP contribution in [0.3, 0.4) is 0 Å². The minimum absolute atomic E-state index is 0.0443. The Bertz CT molecular complexity index is 629. The Morgan fingerprint density at radius 3 is 2.88 bits per heavy atom. The van der Waals surface area contributed by atoms with E-state index in [1.165, 1.54) is 3.57 Å². The molecule has 2 saturated heterocycles. The number of hydrogen-bond donors (Lipinski definition) is 3. The van der Waals surface area contributed by atoms with E-state index in [1.54, 1.807) is 0 Å². The van der Waals surface area contributed by atoms with E-state index < -0.39 is 0 Å². The molecule has 3 atom stereocenters. The molecular weight excluding hydrogens is 465 g/mol. The summed E-state index contributed by atoms with van der Waals surface area (Å²) < 4.78 is 6.76. The number of amides is 3. The van der Waals surface area contributed by atoms with Gasteiger partial charge in [-0.2, -0.15) is 11.8 Å². The maximum Gasteiger partial charge on any atom is 0.315 e. The molecule has 0 unspecified atom stereocenters. The van der Waals surface area contributed by atoms with Crippen LogP contribution in [0.1, 0.15) is 25.7 Å². The van der Waals surface area contributed by atoms with Crippen molar-refractivity contribution < 1.29 is 14.3 Å². The number of hydrogen-bond acceptors (Lipinski definition) is 4. The Morgan fingerprint density at radius 1 is 1.27 bits per heavy atom. The molecule has 0 aliphatic carbocycles. The highest BCUT2D eigenvalue weighted by atomic mass is 127. The highest BCUT2D eigenvalue weighted by Gasteiger charge is 2.42. The fraction of sp³-hybridized carbons (Fsp3) is 0.556. The van der Waals surface area contributed by atoms with Gasteiger partial charge in [-0.25, -0.2) is 4.79 Å². The lowest BCUT2D eigenvalue weighted by Gasteiger charge is -2.16. The van der Waals surface area contributed by atoms with Crippen molar-refractivity contribution in [3.63, 3.8) is 0 Å². The Hall–Kier alpha value is -1.16. The quantitative estimate of drug-likeness (QED) is 0.283. The van der Waals surface area contributed by atoms with Gasteiger partial charge in [-0.15, -0.1) is 0 Å². The topological polar surface area (TPSA) is 79.5 Å². The lowest BCUT2D eigenvalue weighted by molar-refractivity contribution is -0.121. The highest BCUT2D eigenvalue weighted by molar-refractivity contribution is 14.1. The molecule has 0 saturated carbocycles. The second-order valence-corrected chi connectivity index (χ2v) is 9.04. The number of ether oxygens (including phenoxy) is 1. The van der Waals surface area contributed by atoms with Crippen LogP contribution in [0, 0.1) is 3.57 Å². The van der Waals surface area contributed by atoms with Crippen LogP contribution in [0.25, 0.3) is 0 Å². The van der Waals surface area contributed by atoms with E-state index in [2.05, 4.69) is 38.5 Å². The van der Waals surface area contributed by atoms with Crippen molar-refractivity contribution in [1.29, 1.82) is 0 Å². The van der Waals surface area contributed by atoms with E-state index >= 15 is 0 Å². The second kappa shape index (κ2) is 9.68. The zero-order valence-corrected chi connectivity index (χ0v) is 17.5. The molecule has 142 valence electrons. The van der Waals surface area contributed by atoms with Gasteiger partial charge in [-0.05, 0) is 59.7 Å². The number of halogens is 1. The standard InChI is InChI=1S/C18H24IN3O3S/c19-12-5-7-13(8-6-12)25-10-9-20-16(23)4-2-1-3-15-17-14(11-26-15)21-18(24)22-17/h5-8,14-15,17H,1-4,9-11H2,(H,20,23)(H2,21,22,24)/t14-,15+,17+/m0/s1. The van der Waals surface area contributed by atoms with E-state index in [-0.39, 0.29) is 24.0 Å². The summed E-state index contributed by atoms with van der Waals surface area (Å²) in [6.07, 6.45) is 3.46. The van der Waals surface area contributed by atoms with E-state index in [0.717, 1.165) is 30.8 Å². The van der Waals surface area contributed by atoms with E-state index in [4.69, 9.17) is 4.74 Å². The molecule has 0 spiro atoms. The summed E-state index contributed by atoms with van der Waals surface area (Å²) in [7, 11) is 0. The number of nitrogens with one attached hydrogen (secondary N) is 3. The highest BCUT2D eigenvalue weighted by Crippen LogP contribution is 2.33. The average Bonchev–Trinajstić information content (AvgIpc) is 3.17. The predicted molar refractivity (Wildman–Crippen MR) is 112 cm³/mol. The molecule has 1 aromatic carbocycles. The van der Waals surface area contributed by atoms with Crippen LogP contribution < -0.4 is 20.7 Å². The number of carbonyl (C=O) groups is 2. The molecule has 3 N–H and O–H groups in total. The van der Waals surface area contributed by atoms with Crippen LogP contribution in [0.15, 0.2) is 24.3 Å². The Morgan fingerprint density at radius 2 is 2.08 bits per heavy atom. The molecule has 6 nitrogen and oxygen atoms in total. The van der Waals surface area contributed by atoms with Gasteiger partial charge in [0.15, 0.2) is 0 Å². The van der Waals surface area contributed by atoms with Crippen LogP contribution in [0.2, 0.25) is 0 Å². The van der Waals surface area contributed by atoms with Crippen molar-refractivity contribution in [1.82, 2.24) is 16.0 Å². The smallest absolute Gasteiger partial charge is 0.315 e. The minimum Gasteiger partial charge on any atom is -0.492 e. The Balaban J connectivity index is 1.22. The van der Waals surface area contributed by atoms with Crippen LogP contribution in [-0.2, 0) is 4.79 Å². The van der Waals surface area contributed by atoms with Crippen LogP contribution >= 0.6 is 34.4 Å². The Labute approximate surface area is 171 Å². The summed E-state index contributed by atoms with van der Waals surface area (Å²) in [5.74, 6) is 1.87. The number of fused-ring (bicyclic) bond motifs is 1. The van der Waals surface area contributed by atoms with Crippen LogP contribution in [-0.4, -0.2) is 48.2 Å². The molecule has 2 aliphatic rings. The molecule has 26 heavy (non-hydrogen) atoms. The summed E-state index contributed by atoms with van der Waals surface area (Å²) in [6, 6.07) is 8.32. The lowest BCUT2D eigenvalue weighted by atomic mass is 10.0. The summed E-state index contributed by atoms with van der Waals surface area (Å²) in [5, 5.41) is 9.31. The number of urea groups is 1. The van der Waals surface area contributed by atoms with Gasteiger partial charge in [0.05, 0.1) is 18.6 Å². The number of rotatable bonds is 9. The summed E-state index contributed by atoms with van der Waals surface area (Å²) in [4.78, 5) is 23.2. The molecule has 3 amide bonds. The first-order valence-corrected chi connectivity index (χ1v) is 11.1. The number of carbonyl (C=O) groups excluding carboxylic acids is 2. The first-order valence-electron chi connectivity index (χ1n) is 8.95. The maximum absolute atomic E-state index is 11.9. The zero-order chi connectivity index (χ0) is 18.4. The van der Waals surface area contributed by atoms with Crippen molar-refractivity contribution >= 4 is 46.3 Å². The van der Waals surface area contributed by atoms with Crippen molar-refractivity contribution in [2.75, 3.05) is 18.9 Å². The second-order valence-electron chi connectivity index (χ2n) is 6.52. The molecule has 0 bridgehead atoms. The van der Waals surface area contributed by atoms with Gasteiger partial charge in [-0.1, -0.05) is 6.42 Å². The monoisotopic (exact) mass is 489 g/mol. The third-order valence-electron chi connectivity index (χ3n) is 4.59. The molecule has 0 radical (unpaired) electrons. The molecule has 2 heterocycles. The fourth-order valence-corrected chi connectivity index (χ4v) is 5.16. The molecular formula is C18H24IN3O3S. The SMILES string of the molecule is O=C(CCCC[C@H]1SC[C@@H]2NC(=O)N[C@H]21)NCCOc1ccc(I)cc1. The van der Waals surface area contributed by atoms with Gasteiger partial charge in [0.2, 0.25) is 5.91 Å². The van der Waals surface area contributed by atoms with Crippen molar-refractivity contribution in [3.05, 3.63) is 27.8 Å². The van der Waals surface area contributed by atoms with E-state index in [1.807, 2.05) is 36.0 Å². The van der Waals surface area contributed by atoms with Gasteiger partial charge in [-0.3, -0.25) is 4.79 Å². The molecule has 8 heteroatoms.